The molecule has 6 rings (SSSR count). The van der Waals surface area contributed by atoms with Crippen molar-refractivity contribution in [3.63, 3.8) is 0 Å². The molecule has 3 aromatic carbocycles. The van der Waals surface area contributed by atoms with E-state index in [0.717, 1.165) is 17.5 Å². The molecule has 0 amide bonds. The normalized spacial score (nSPS) is 10.7. The molecule has 0 saturated heterocycles. The Kier molecular flexibility index (Phi) is 19.5. The van der Waals surface area contributed by atoms with Crippen LogP contribution in [0.4, 0.5) is 59.2 Å². The third-order valence-electron chi connectivity index (χ3n) is 7.50. The number of nitrogens with one attached hydrogen (secondary N) is 6. The monoisotopic (exact) mass is 978 g/mol. The number of hydrogen-bond donors (Lipinski definition) is 9. The molecule has 18 nitrogen and oxygen atoms in total. The van der Waals surface area contributed by atoms with Crippen LogP contribution in [0.3, 0.4) is 0 Å². The third kappa shape index (κ3) is 18.1. The van der Waals surface area contributed by atoms with Gasteiger partial charge in [-0.15, -0.1) is 0 Å². The molecule has 0 radical (unpaired) electrons. The van der Waals surface area contributed by atoms with Gasteiger partial charge in [-0.25, -0.2) is 0 Å². The van der Waals surface area contributed by atoms with Crippen LogP contribution < -0.4 is 49.1 Å². The highest BCUT2D eigenvalue weighted by Crippen LogP contribution is 2.27. The largest absolute Gasteiger partial charge is 0.368 e. The van der Waals surface area contributed by atoms with Crippen molar-refractivity contribution < 1.29 is 0 Å². The van der Waals surface area contributed by atoms with Crippen molar-refractivity contribution in [2.45, 2.75) is 72.6 Å². The first-order valence-corrected chi connectivity index (χ1v) is 21.5. The lowest BCUT2D eigenvalue weighted by Gasteiger charge is -2.11. The topological polar surface area (TPSA) is 266 Å². The highest BCUT2D eigenvalue weighted by atomic mass is 35.5. The summed E-state index contributed by atoms with van der Waals surface area (Å²) in [6.45, 7) is 13.1. The van der Waals surface area contributed by atoms with Crippen molar-refractivity contribution >= 4 is 129 Å². The zero-order valence-corrected chi connectivity index (χ0v) is 39.6. The van der Waals surface area contributed by atoms with Crippen LogP contribution in [-0.2, 0) is 13.0 Å². The summed E-state index contributed by atoms with van der Waals surface area (Å²) in [5.41, 5.74) is 19.7. The smallest absolute Gasteiger partial charge is 0.233 e. The zero-order valence-electron chi connectivity index (χ0n) is 35.1. The average Bonchev–Trinajstić information content (AvgIpc) is 3.17. The van der Waals surface area contributed by atoms with Gasteiger partial charge in [-0.3, -0.25) is 0 Å². The van der Waals surface area contributed by atoms with E-state index in [2.05, 4.69) is 76.8 Å². The SMILES string of the molecule is CC(C)Nc1nc(N)nc(NCCc2ccc(Cl)c(Cl)c2)n1.CC(C)Nc1nc(N)nc(NCc2ccc(Cl)c(Cl)c2)n1.CC(C)Nc1nc(N)nc(Nc2ccc(Cl)c(Cl)c2)n1. The van der Waals surface area contributed by atoms with Crippen LogP contribution in [0, 0.1) is 0 Å². The maximum absolute atomic E-state index is 5.99. The van der Waals surface area contributed by atoms with E-state index in [9.17, 15) is 0 Å². The average molecular weight is 982 g/mol. The van der Waals surface area contributed by atoms with Crippen molar-refractivity contribution in [3.05, 3.63) is 95.9 Å². The second-order valence-corrected chi connectivity index (χ2v) is 16.6. The molecule has 336 valence electrons. The quantitative estimate of drug-likeness (QED) is 0.0463. The van der Waals surface area contributed by atoms with Crippen LogP contribution in [0.15, 0.2) is 54.6 Å². The zero-order chi connectivity index (χ0) is 46.2. The number of benzene rings is 3. The Balaban J connectivity index is 0.000000208. The number of nitrogens with zero attached hydrogens (tertiary/aromatic N) is 9. The van der Waals surface area contributed by atoms with E-state index in [1.54, 1.807) is 36.4 Å². The number of hydrogen-bond acceptors (Lipinski definition) is 18. The van der Waals surface area contributed by atoms with Crippen molar-refractivity contribution in [1.29, 1.82) is 0 Å². The summed E-state index contributed by atoms with van der Waals surface area (Å²) < 4.78 is 0. The van der Waals surface area contributed by atoms with Crippen molar-refractivity contribution in [3.8, 4) is 0 Å². The number of rotatable bonds is 15. The van der Waals surface area contributed by atoms with Crippen LogP contribution in [-0.4, -0.2) is 69.5 Å². The Bertz CT molecular complexity index is 2420. The molecule has 0 fully saturated rings. The molecule has 0 aliphatic carbocycles. The third-order valence-corrected chi connectivity index (χ3v) is 9.72. The molecular weight excluding hydrogens is 933 g/mol. The van der Waals surface area contributed by atoms with E-state index in [0.29, 0.717) is 84.6 Å². The maximum Gasteiger partial charge on any atom is 0.233 e. The number of halogens is 6. The van der Waals surface area contributed by atoms with Crippen molar-refractivity contribution in [2.75, 3.05) is 55.6 Å². The minimum absolute atomic E-state index is 0.130. The van der Waals surface area contributed by atoms with Gasteiger partial charge in [0.05, 0.1) is 30.1 Å². The van der Waals surface area contributed by atoms with Gasteiger partial charge < -0.3 is 49.1 Å². The first-order chi connectivity index (χ1) is 29.8. The fourth-order valence-electron chi connectivity index (χ4n) is 4.91. The second-order valence-electron chi connectivity index (χ2n) is 14.2. The molecule has 6 aromatic rings. The van der Waals surface area contributed by atoms with Gasteiger partial charge in [0.25, 0.3) is 0 Å². The minimum Gasteiger partial charge on any atom is -0.368 e. The first-order valence-electron chi connectivity index (χ1n) is 19.2. The molecule has 0 aliphatic rings. The Morgan fingerprint density at radius 1 is 0.429 bits per heavy atom. The number of nitrogen functional groups attached to an aromatic ring is 3. The van der Waals surface area contributed by atoms with Crippen molar-refractivity contribution in [2.24, 2.45) is 0 Å². The summed E-state index contributed by atoms with van der Waals surface area (Å²) in [5, 5.41) is 21.5. The van der Waals surface area contributed by atoms with Gasteiger partial charge in [0.2, 0.25) is 53.5 Å². The fourth-order valence-corrected chi connectivity index (χ4v) is 5.85. The predicted molar refractivity (Wildman–Crippen MR) is 261 cm³/mol. The van der Waals surface area contributed by atoms with E-state index in [1.165, 1.54) is 0 Å². The number of nitrogens with two attached hydrogens (primary N) is 3. The predicted octanol–water partition coefficient (Wildman–Crippen LogP) is 9.75. The van der Waals surface area contributed by atoms with Crippen molar-refractivity contribution in [1.82, 2.24) is 44.9 Å². The van der Waals surface area contributed by atoms with Crippen LogP contribution >= 0.6 is 69.6 Å². The molecule has 0 atom stereocenters. The minimum atomic E-state index is 0.130. The molecule has 3 aromatic heterocycles. The highest BCUT2D eigenvalue weighted by Gasteiger charge is 2.10. The highest BCUT2D eigenvalue weighted by molar-refractivity contribution is 6.43. The summed E-state index contributed by atoms with van der Waals surface area (Å²) in [6.07, 6.45) is 0.759. The van der Waals surface area contributed by atoms with Gasteiger partial charge in [0.1, 0.15) is 0 Å². The Morgan fingerprint density at radius 3 is 1.27 bits per heavy atom. The Labute approximate surface area is 395 Å². The van der Waals surface area contributed by atoms with E-state index >= 15 is 0 Å². The van der Waals surface area contributed by atoms with E-state index in [1.807, 2.05) is 59.7 Å². The summed E-state index contributed by atoms with van der Waals surface area (Å²) in [6, 6.07) is 16.7. The summed E-state index contributed by atoms with van der Waals surface area (Å²) in [7, 11) is 0. The van der Waals surface area contributed by atoms with Crippen LogP contribution in [0.2, 0.25) is 30.1 Å². The fraction of sp³-hybridized carbons (Fsp3) is 0.308. The van der Waals surface area contributed by atoms with E-state index < -0.39 is 0 Å². The molecule has 0 aliphatic heterocycles. The Hall–Kier alpha value is -5.37. The number of anilines is 10. The summed E-state index contributed by atoms with van der Waals surface area (Å²) in [4.78, 5) is 36.9. The van der Waals surface area contributed by atoms with Gasteiger partial charge >= 0.3 is 0 Å². The molecular formula is C39H48Cl6N18. The second kappa shape index (κ2) is 24.5. The number of aromatic nitrogens is 9. The standard InChI is InChI=1S/C14H18Cl2N6.C13H16Cl2N6.C12H14Cl2N6/c1-8(2)19-14-21-12(17)20-13(22-14)18-6-5-9-3-4-10(15)11(16)7-9;1-7(2)18-13-20-11(16)19-12(21-13)17-6-8-3-4-9(14)10(15)5-8;1-6(2)16-11-18-10(15)19-12(20-11)17-7-3-4-8(13)9(14)5-7/h3-4,7-8H,5-6H2,1-2H3,(H4,17,18,19,20,21,22);3-5,7H,6H2,1-2H3,(H4,16,17,18,19,20,21);3-6H,1-2H3,(H4,15,16,17,18,19,20). The summed E-state index contributed by atoms with van der Waals surface area (Å²) >= 11 is 35.5. The first kappa shape index (κ1) is 50.3. The molecule has 0 saturated carbocycles. The van der Waals surface area contributed by atoms with Gasteiger partial charge in [-0.05, 0) is 102 Å². The molecule has 0 spiro atoms. The molecule has 0 bridgehead atoms. The molecule has 3 heterocycles. The Morgan fingerprint density at radius 2 is 0.810 bits per heavy atom. The van der Waals surface area contributed by atoms with Gasteiger partial charge in [0, 0.05) is 36.9 Å². The lowest BCUT2D eigenvalue weighted by Crippen LogP contribution is -2.16. The maximum atomic E-state index is 5.99. The molecule has 12 N–H and O–H groups in total. The van der Waals surface area contributed by atoms with Crippen LogP contribution in [0.25, 0.3) is 0 Å². The molecule has 63 heavy (non-hydrogen) atoms. The van der Waals surface area contributed by atoms with Gasteiger partial charge in [-0.2, -0.15) is 44.9 Å². The lowest BCUT2D eigenvalue weighted by molar-refractivity contribution is 0.866. The van der Waals surface area contributed by atoms with Crippen LogP contribution in [0.5, 0.6) is 0 Å². The summed E-state index contributed by atoms with van der Waals surface area (Å²) in [5.74, 6) is 2.95. The van der Waals surface area contributed by atoms with Crippen LogP contribution in [0.1, 0.15) is 52.7 Å². The van der Waals surface area contributed by atoms with E-state index in [4.69, 9.17) is 86.8 Å². The molecule has 24 heteroatoms. The van der Waals surface area contributed by atoms with Gasteiger partial charge in [-0.1, -0.05) is 81.7 Å². The van der Waals surface area contributed by atoms with Gasteiger partial charge in [0.15, 0.2) is 0 Å². The molecule has 0 unspecified atom stereocenters. The van der Waals surface area contributed by atoms with E-state index in [-0.39, 0.29) is 36.0 Å². The lowest BCUT2D eigenvalue weighted by atomic mass is 10.1.